The molecule has 0 radical (unpaired) electrons. The van der Waals surface area contributed by atoms with Crippen LogP contribution in [0.2, 0.25) is 0 Å². The van der Waals surface area contributed by atoms with Gasteiger partial charge in [-0.05, 0) is 42.3 Å². The number of hydrogen-bond donors (Lipinski definition) is 2. The number of hydrogen-bond acceptors (Lipinski definition) is 4. The molecule has 0 spiro atoms. The molecule has 2 aromatic carbocycles. The number of ether oxygens (including phenoxy) is 1. The predicted octanol–water partition coefficient (Wildman–Crippen LogP) is 4.29. The lowest BCUT2D eigenvalue weighted by atomic mass is 9.97. The summed E-state index contributed by atoms with van der Waals surface area (Å²) in [5, 5.41) is 5.50. The summed E-state index contributed by atoms with van der Waals surface area (Å²) >= 11 is 0. The Morgan fingerprint density at radius 3 is 2.79 bits per heavy atom. The molecule has 1 aromatic heterocycles. The molecule has 2 amide bonds. The van der Waals surface area contributed by atoms with Gasteiger partial charge in [0.2, 0.25) is 11.8 Å². The maximum atomic E-state index is 13.8. The van der Waals surface area contributed by atoms with Crippen LogP contribution < -0.4 is 15.4 Å². The fraction of sp³-hybridized carbons (Fsp3) is 0.0952. The minimum Gasteiger partial charge on any atom is -0.436 e. The molecule has 0 aliphatic carbocycles. The predicted molar refractivity (Wildman–Crippen MR) is 102 cm³/mol. The number of fused-ring (bicyclic) bond motifs is 1. The highest BCUT2D eigenvalue weighted by molar-refractivity contribution is 6.07. The van der Waals surface area contributed by atoms with E-state index < -0.39 is 11.6 Å². The molecule has 0 fully saturated rings. The van der Waals surface area contributed by atoms with Gasteiger partial charge < -0.3 is 15.4 Å². The standard InChI is InChI=1S/C21H15F2N3O3/c22-12-4-6-18(16(23)10-12)29-20-11-13(8-9-24-20)25-21(28)15-2-1-3-17-14(15)5-7-19(27)26-17/h1-4,6,8-11H,5,7H2,(H,26,27)(H,24,25,28). The zero-order valence-corrected chi connectivity index (χ0v) is 15.0. The lowest BCUT2D eigenvalue weighted by Crippen LogP contribution is -2.23. The smallest absolute Gasteiger partial charge is 0.256 e. The molecule has 0 saturated heterocycles. The van der Waals surface area contributed by atoms with E-state index in [0.29, 0.717) is 35.8 Å². The average Bonchev–Trinajstić information content (AvgIpc) is 2.69. The van der Waals surface area contributed by atoms with E-state index in [0.717, 1.165) is 17.7 Å². The van der Waals surface area contributed by atoms with Gasteiger partial charge in [-0.3, -0.25) is 9.59 Å². The Morgan fingerprint density at radius 1 is 1.10 bits per heavy atom. The second-order valence-corrected chi connectivity index (χ2v) is 6.39. The summed E-state index contributed by atoms with van der Waals surface area (Å²) in [4.78, 5) is 28.3. The molecule has 2 heterocycles. The van der Waals surface area contributed by atoms with E-state index in [9.17, 15) is 18.4 Å². The highest BCUT2D eigenvalue weighted by atomic mass is 19.1. The summed E-state index contributed by atoms with van der Waals surface area (Å²) in [6.07, 6.45) is 2.18. The fourth-order valence-corrected chi connectivity index (χ4v) is 3.05. The number of halogens is 2. The molecule has 1 aliphatic rings. The first-order valence-corrected chi connectivity index (χ1v) is 8.81. The monoisotopic (exact) mass is 395 g/mol. The van der Waals surface area contributed by atoms with Crippen molar-refractivity contribution in [3.8, 4) is 11.6 Å². The van der Waals surface area contributed by atoms with Crippen LogP contribution in [-0.4, -0.2) is 16.8 Å². The number of carbonyl (C=O) groups excluding carboxylic acids is 2. The quantitative estimate of drug-likeness (QED) is 0.691. The van der Waals surface area contributed by atoms with Crippen molar-refractivity contribution in [3.05, 3.63) is 77.5 Å². The van der Waals surface area contributed by atoms with Crippen LogP contribution in [0.5, 0.6) is 11.6 Å². The summed E-state index contributed by atoms with van der Waals surface area (Å²) < 4.78 is 32.1. The Bertz CT molecular complexity index is 1120. The van der Waals surface area contributed by atoms with Crippen molar-refractivity contribution in [2.45, 2.75) is 12.8 Å². The Hall–Kier alpha value is -3.81. The van der Waals surface area contributed by atoms with Gasteiger partial charge in [0, 0.05) is 41.7 Å². The minimum atomic E-state index is -0.862. The first-order chi connectivity index (χ1) is 14.0. The summed E-state index contributed by atoms with van der Waals surface area (Å²) in [6.45, 7) is 0. The van der Waals surface area contributed by atoms with Gasteiger partial charge in [-0.15, -0.1) is 0 Å². The molecular formula is C21H15F2N3O3. The number of carbonyl (C=O) groups is 2. The van der Waals surface area contributed by atoms with E-state index in [4.69, 9.17) is 4.74 Å². The number of benzene rings is 2. The van der Waals surface area contributed by atoms with Crippen molar-refractivity contribution < 1.29 is 23.1 Å². The summed E-state index contributed by atoms with van der Waals surface area (Å²) in [6, 6.07) is 11.0. The van der Waals surface area contributed by atoms with E-state index in [2.05, 4.69) is 15.6 Å². The van der Waals surface area contributed by atoms with Gasteiger partial charge in [0.15, 0.2) is 11.6 Å². The van der Waals surface area contributed by atoms with Gasteiger partial charge >= 0.3 is 0 Å². The molecule has 8 heteroatoms. The van der Waals surface area contributed by atoms with Gasteiger partial charge in [0.05, 0.1) is 0 Å². The molecule has 2 N–H and O–H groups in total. The second-order valence-electron chi connectivity index (χ2n) is 6.39. The van der Waals surface area contributed by atoms with Gasteiger partial charge in [-0.1, -0.05) is 6.07 Å². The van der Waals surface area contributed by atoms with E-state index >= 15 is 0 Å². The molecule has 1 aliphatic heterocycles. The SMILES string of the molecule is O=C1CCc2c(cccc2C(=O)Nc2ccnc(Oc3ccc(F)cc3F)c2)N1. The molecule has 0 unspecified atom stereocenters. The first kappa shape index (κ1) is 18.5. The van der Waals surface area contributed by atoms with Gasteiger partial charge in [0.25, 0.3) is 5.91 Å². The van der Waals surface area contributed by atoms with E-state index in [1.54, 1.807) is 24.3 Å². The number of pyridine rings is 1. The van der Waals surface area contributed by atoms with Crippen LogP contribution in [0.1, 0.15) is 22.3 Å². The highest BCUT2D eigenvalue weighted by Gasteiger charge is 2.21. The molecule has 0 bridgehead atoms. The molecule has 146 valence electrons. The van der Waals surface area contributed by atoms with Crippen molar-refractivity contribution in [1.29, 1.82) is 0 Å². The zero-order valence-electron chi connectivity index (χ0n) is 15.0. The summed E-state index contributed by atoms with van der Waals surface area (Å²) in [5.74, 6) is -2.17. The van der Waals surface area contributed by atoms with Crippen LogP contribution in [0.25, 0.3) is 0 Å². The summed E-state index contributed by atoms with van der Waals surface area (Å²) in [5.41, 5.74) is 2.23. The van der Waals surface area contributed by atoms with E-state index in [-0.39, 0.29) is 23.4 Å². The number of nitrogens with one attached hydrogen (secondary N) is 2. The molecular weight excluding hydrogens is 380 g/mol. The third kappa shape index (κ3) is 4.06. The van der Waals surface area contributed by atoms with Gasteiger partial charge in [-0.2, -0.15) is 0 Å². The molecule has 29 heavy (non-hydrogen) atoms. The van der Waals surface area contributed by atoms with Crippen LogP contribution in [0.3, 0.4) is 0 Å². The third-order valence-electron chi connectivity index (χ3n) is 4.40. The number of amides is 2. The summed E-state index contributed by atoms with van der Waals surface area (Å²) in [7, 11) is 0. The Labute approximate surface area is 164 Å². The van der Waals surface area contributed by atoms with Crippen LogP contribution in [-0.2, 0) is 11.2 Å². The van der Waals surface area contributed by atoms with Crippen LogP contribution >= 0.6 is 0 Å². The topological polar surface area (TPSA) is 80.3 Å². The Kier molecular flexibility index (Phi) is 4.90. The Morgan fingerprint density at radius 2 is 1.97 bits per heavy atom. The normalized spacial score (nSPS) is 12.7. The second kappa shape index (κ2) is 7.67. The first-order valence-electron chi connectivity index (χ1n) is 8.81. The van der Waals surface area contributed by atoms with E-state index in [1.807, 2.05) is 0 Å². The maximum absolute atomic E-state index is 13.8. The largest absolute Gasteiger partial charge is 0.436 e. The van der Waals surface area contributed by atoms with Gasteiger partial charge in [0.1, 0.15) is 5.82 Å². The van der Waals surface area contributed by atoms with Crippen molar-refractivity contribution in [2.24, 2.45) is 0 Å². The van der Waals surface area contributed by atoms with Crippen LogP contribution in [0.15, 0.2) is 54.7 Å². The molecule has 6 nitrogen and oxygen atoms in total. The zero-order chi connectivity index (χ0) is 20.4. The fourth-order valence-electron chi connectivity index (χ4n) is 3.05. The maximum Gasteiger partial charge on any atom is 0.256 e. The Balaban J connectivity index is 1.53. The van der Waals surface area contributed by atoms with Crippen molar-refractivity contribution in [2.75, 3.05) is 10.6 Å². The lowest BCUT2D eigenvalue weighted by Gasteiger charge is -2.19. The number of nitrogens with zero attached hydrogens (tertiary/aromatic N) is 1. The van der Waals surface area contributed by atoms with Crippen molar-refractivity contribution in [3.63, 3.8) is 0 Å². The third-order valence-corrected chi connectivity index (χ3v) is 4.40. The number of rotatable bonds is 4. The average molecular weight is 395 g/mol. The lowest BCUT2D eigenvalue weighted by molar-refractivity contribution is -0.116. The molecule has 4 rings (SSSR count). The van der Waals surface area contributed by atoms with Crippen molar-refractivity contribution >= 4 is 23.2 Å². The van der Waals surface area contributed by atoms with Crippen LogP contribution in [0.4, 0.5) is 20.2 Å². The molecule has 3 aromatic rings. The van der Waals surface area contributed by atoms with E-state index in [1.165, 1.54) is 12.3 Å². The number of aromatic nitrogens is 1. The van der Waals surface area contributed by atoms with Gasteiger partial charge in [-0.25, -0.2) is 13.8 Å². The molecule has 0 atom stereocenters. The minimum absolute atomic E-state index is 0.0377. The molecule has 0 saturated carbocycles. The highest BCUT2D eigenvalue weighted by Crippen LogP contribution is 2.28. The number of anilines is 2. The van der Waals surface area contributed by atoms with Crippen LogP contribution in [0, 0.1) is 11.6 Å². The van der Waals surface area contributed by atoms with Crippen molar-refractivity contribution in [1.82, 2.24) is 4.98 Å².